The molecule has 188 valence electrons. The Labute approximate surface area is 203 Å². The molecule has 2 aromatic carbocycles. The number of hydrogen-bond donors (Lipinski definition) is 2. The first-order chi connectivity index (χ1) is 16.2. The average molecular weight is 505 g/mol. The highest BCUT2D eigenvalue weighted by Crippen LogP contribution is 2.30. The molecule has 0 unspecified atom stereocenters. The molecule has 10 heteroatoms. The van der Waals surface area contributed by atoms with Crippen molar-refractivity contribution in [3.8, 4) is 11.3 Å². The van der Waals surface area contributed by atoms with E-state index in [9.17, 15) is 22.4 Å². The molecular formula is C25H29FN2O6S. The van der Waals surface area contributed by atoms with Crippen LogP contribution in [-0.4, -0.2) is 33.7 Å². The van der Waals surface area contributed by atoms with E-state index in [1.54, 1.807) is 39.0 Å². The molecule has 1 amide bonds. The summed E-state index contributed by atoms with van der Waals surface area (Å²) in [7, 11) is -3.51. The third kappa shape index (κ3) is 6.89. The third-order valence-corrected chi connectivity index (χ3v) is 5.69. The monoisotopic (exact) mass is 504 g/mol. The van der Waals surface area contributed by atoms with Gasteiger partial charge in [-0.15, -0.1) is 0 Å². The topological polar surface area (TPSA) is 115 Å². The Morgan fingerprint density at radius 1 is 1.11 bits per heavy atom. The van der Waals surface area contributed by atoms with Crippen LogP contribution in [0.3, 0.4) is 0 Å². The van der Waals surface area contributed by atoms with Crippen LogP contribution in [0.25, 0.3) is 22.3 Å². The number of aryl methyl sites for hydroxylation is 1. The van der Waals surface area contributed by atoms with E-state index >= 15 is 0 Å². The van der Waals surface area contributed by atoms with E-state index in [2.05, 4.69) is 10.6 Å². The standard InChI is InChI=1S/C25H29FN2O6S/c1-15-11-19(27-9-6-10-33-35(5,31)32)23-20(29)14-21(34-22(23)12-15)16-7-8-18(17(26)13-16)28-24(30)25(2,3)4/h7-8,11-14,27H,6,9-10H2,1-5H3,(H,28,30). The number of rotatable bonds is 8. The Hall–Kier alpha value is -3.24. The summed E-state index contributed by atoms with van der Waals surface area (Å²) in [4.78, 5) is 25.2. The van der Waals surface area contributed by atoms with Gasteiger partial charge >= 0.3 is 0 Å². The number of carbonyl (C=O) groups excluding carboxylic acids is 1. The van der Waals surface area contributed by atoms with Gasteiger partial charge in [0.2, 0.25) is 5.91 Å². The number of benzene rings is 2. The van der Waals surface area contributed by atoms with Crippen molar-refractivity contribution in [2.75, 3.05) is 30.0 Å². The van der Waals surface area contributed by atoms with Crippen molar-refractivity contribution in [3.05, 3.63) is 58.0 Å². The molecule has 2 N–H and O–H groups in total. The lowest BCUT2D eigenvalue weighted by molar-refractivity contribution is -0.123. The first-order valence-electron chi connectivity index (χ1n) is 11.0. The smallest absolute Gasteiger partial charge is 0.264 e. The summed E-state index contributed by atoms with van der Waals surface area (Å²) < 4.78 is 47.5. The van der Waals surface area contributed by atoms with Crippen molar-refractivity contribution in [2.45, 2.75) is 34.1 Å². The molecule has 0 aliphatic rings. The Morgan fingerprint density at radius 2 is 1.83 bits per heavy atom. The molecular weight excluding hydrogens is 475 g/mol. The number of amides is 1. The summed E-state index contributed by atoms with van der Waals surface area (Å²) >= 11 is 0. The van der Waals surface area contributed by atoms with Gasteiger partial charge in [0.25, 0.3) is 10.1 Å². The van der Waals surface area contributed by atoms with Crippen LogP contribution in [0.15, 0.2) is 45.6 Å². The van der Waals surface area contributed by atoms with Gasteiger partial charge in [-0.2, -0.15) is 8.42 Å². The average Bonchev–Trinajstić information content (AvgIpc) is 2.72. The van der Waals surface area contributed by atoms with Crippen molar-refractivity contribution in [1.82, 2.24) is 0 Å². The normalized spacial score (nSPS) is 12.1. The highest BCUT2D eigenvalue weighted by atomic mass is 32.2. The minimum Gasteiger partial charge on any atom is -0.456 e. The fourth-order valence-electron chi connectivity index (χ4n) is 3.29. The predicted molar refractivity (Wildman–Crippen MR) is 135 cm³/mol. The van der Waals surface area contributed by atoms with Crippen LogP contribution >= 0.6 is 0 Å². The van der Waals surface area contributed by atoms with Gasteiger partial charge in [-0.25, -0.2) is 4.39 Å². The molecule has 3 aromatic rings. The van der Waals surface area contributed by atoms with Crippen molar-refractivity contribution < 1.29 is 26.2 Å². The number of carbonyl (C=O) groups is 1. The second-order valence-electron chi connectivity index (χ2n) is 9.37. The Kier molecular flexibility index (Phi) is 7.66. The fourth-order valence-corrected chi connectivity index (χ4v) is 3.71. The maximum absolute atomic E-state index is 14.7. The van der Waals surface area contributed by atoms with Crippen LogP contribution in [0.4, 0.5) is 15.8 Å². The second kappa shape index (κ2) is 10.2. The summed E-state index contributed by atoms with van der Waals surface area (Å²) in [5, 5.41) is 6.02. The first-order valence-corrected chi connectivity index (χ1v) is 12.8. The molecule has 8 nitrogen and oxygen atoms in total. The van der Waals surface area contributed by atoms with E-state index < -0.39 is 21.4 Å². The molecule has 0 aliphatic heterocycles. The van der Waals surface area contributed by atoms with Gasteiger partial charge in [-0.1, -0.05) is 20.8 Å². The zero-order chi connectivity index (χ0) is 26.0. The van der Waals surface area contributed by atoms with Gasteiger partial charge < -0.3 is 15.1 Å². The summed E-state index contributed by atoms with van der Waals surface area (Å²) in [6.45, 7) is 7.43. The third-order valence-electron chi connectivity index (χ3n) is 5.09. The number of nitrogens with one attached hydrogen (secondary N) is 2. The van der Waals surface area contributed by atoms with Crippen LogP contribution in [0, 0.1) is 18.2 Å². The lowest BCUT2D eigenvalue weighted by Gasteiger charge is -2.18. The molecule has 0 saturated heterocycles. The quantitative estimate of drug-likeness (QED) is 0.338. The fraction of sp³-hybridized carbons (Fsp3) is 0.360. The lowest BCUT2D eigenvalue weighted by Crippen LogP contribution is -2.28. The van der Waals surface area contributed by atoms with Gasteiger partial charge in [0.05, 0.1) is 23.9 Å². The molecule has 1 aromatic heterocycles. The second-order valence-corrected chi connectivity index (χ2v) is 11.0. The van der Waals surface area contributed by atoms with Crippen molar-refractivity contribution in [1.29, 1.82) is 0 Å². The van der Waals surface area contributed by atoms with E-state index in [0.717, 1.165) is 11.8 Å². The van der Waals surface area contributed by atoms with Crippen molar-refractivity contribution >= 4 is 38.4 Å². The van der Waals surface area contributed by atoms with Crippen molar-refractivity contribution in [3.63, 3.8) is 0 Å². The summed E-state index contributed by atoms with van der Waals surface area (Å²) in [5.41, 5.74) is 1.10. The molecule has 0 radical (unpaired) electrons. The largest absolute Gasteiger partial charge is 0.456 e. The van der Waals surface area contributed by atoms with Gasteiger partial charge in [0.1, 0.15) is 17.2 Å². The molecule has 0 saturated carbocycles. The molecule has 1 heterocycles. The maximum Gasteiger partial charge on any atom is 0.264 e. The molecule has 0 fully saturated rings. The first kappa shape index (κ1) is 26.4. The van der Waals surface area contributed by atoms with E-state index in [-0.39, 0.29) is 29.4 Å². The highest BCUT2D eigenvalue weighted by Gasteiger charge is 2.22. The number of fused-ring (bicyclic) bond motifs is 1. The highest BCUT2D eigenvalue weighted by molar-refractivity contribution is 7.85. The molecule has 0 aliphatic carbocycles. The van der Waals surface area contributed by atoms with Crippen LogP contribution < -0.4 is 16.1 Å². The van der Waals surface area contributed by atoms with Crippen molar-refractivity contribution in [2.24, 2.45) is 5.41 Å². The van der Waals surface area contributed by atoms with Gasteiger partial charge in [0, 0.05) is 29.3 Å². The summed E-state index contributed by atoms with van der Waals surface area (Å²) in [6, 6.07) is 9.01. The number of halogens is 1. The van der Waals surface area contributed by atoms with Crippen LogP contribution in [0.2, 0.25) is 0 Å². The minimum absolute atomic E-state index is 0.0199. The van der Waals surface area contributed by atoms with E-state index in [1.165, 1.54) is 18.2 Å². The zero-order valence-corrected chi connectivity index (χ0v) is 21.1. The maximum atomic E-state index is 14.7. The summed E-state index contributed by atoms with van der Waals surface area (Å²) in [6.07, 6.45) is 1.39. The van der Waals surface area contributed by atoms with Gasteiger partial charge in [-0.3, -0.25) is 13.8 Å². The number of hydrogen-bond acceptors (Lipinski definition) is 7. The van der Waals surface area contributed by atoms with E-state index in [0.29, 0.717) is 35.2 Å². The van der Waals surface area contributed by atoms with Crippen LogP contribution in [0.5, 0.6) is 0 Å². The lowest BCUT2D eigenvalue weighted by atomic mass is 9.95. The molecule has 0 bridgehead atoms. The number of anilines is 2. The predicted octanol–water partition coefficient (Wildman–Crippen LogP) is 4.67. The van der Waals surface area contributed by atoms with Gasteiger partial charge in [0.15, 0.2) is 5.43 Å². The SMILES string of the molecule is Cc1cc(NCCCOS(C)(=O)=O)c2c(=O)cc(-c3ccc(NC(=O)C(C)(C)C)c(F)c3)oc2c1. The Balaban J connectivity index is 1.87. The van der Waals surface area contributed by atoms with Crippen LogP contribution in [-0.2, 0) is 19.1 Å². The van der Waals surface area contributed by atoms with E-state index in [1.807, 2.05) is 6.92 Å². The molecule has 3 rings (SSSR count). The van der Waals surface area contributed by atoms with Crippen LogP contribution in [0.1, 0.15) is 32.8 Å². The van der Waals surface area contributed by atoms with E-state index in [4.69, 9.17) is 8.60 Å². The molecule has 0 spiro atoms. The minimum atomic E-state index is -3.51. The summed E-state index contributed by atoms with van der Waals surface area (Å²) in [5.74, 6) is -0.779. The van der Waals surface area contributed by atoms with Gasteiger partial charge in [-0.05, 0) is 49.2 Å². The Morgan fingerprint density at radius 3 is 2.46 bits per heavy atom. The molecule has 0 atom stereocenters. The molecule has 35 heavy (non-hydrogen) atoms. The Bertz CT molecular complexity index is 1420. The zero-order valence-electron chi connectivity index (χ0n) is 20.3.